The predicted molar refractivity (Wildman–Crippen MR) is 67.0 cm³/mol. The minimum atomic E-state index is -3.99. The fourth-order valence-electron chi connectivity index (χ4n) is 1.15. The highest BCUT2D eigenvalue weighted by Crippen LogP contribution is 2.12. The lowest BCUT2D eigenvalue weighted by Gasteiger charge is -2.05. The summed E-state index contributed by atoms with van der Waals surface area (Å²) in [6.45, 7) is -0.446. The van der Waals surface area contributed by atoms with Crippen molar-refractivity contribution in [3.8, 4) is 12.3 Å². The molecule has 0 saturated heterocycles. The van der Waals surface area contributed by atoms with E-state index >= 15 is 0 Å². The molecule has 0 unspecified atom stereocenters. The fraction of sp³-hybridized carbons (Fsp3) is 0.273. The van der Waals surface area contributed by atoms with E-state index in [2.05, 4.69) is 4.18 Å². The van der Waals surface area contributed by atoms with Gasteiger partial charge in [-0.1, -0.05) is 5.92 Å². The summed E-state index contributed by atoms with van der Waals surface area (Å²) in [5.41, 5.74) is 0. The van der Waals surface area contributed by atoms with Crippen molar-refractivity contribution in [2.45, 2.75) is 4.90 Å². The molecule has 0 spiro atoms. The fourth-order valence-corrected chi connectivity index (χ4v) is 4.00. The number of halogens is 1. The van der Waals surface area contributed by atoms with Crippen LogP contribution in [0.5, 0.6) is 0 Å². The second-order valence-electron chi connectivity index (χ2n) is 3.50. The lowest BCUT2D eigenvalue weighted by molar-refractivity contribution is 0.364. The molecule has 0 aliphatic carbocycles. The maximum Gasteiger partial charge on any atom is 0.269 e. The van der Waals surface area contributed by atoms with E-state index in [0.29, 0.717) is 0 Å². The van der Waals surface area contributed by atoms with Gasteiger partial charge in [0.15, 0.2) is 9.84 Å². The van der Waals surface area contributed by atoms with Crippen LogP contribution in [0, 0.1) is 18.2 Å². The Labute approximate surface area is 111 Å². The lowest BCUT2D eigenvalue weighted by Crippen LogP contribution is -2.19. The Morgan fingerprint density at radius 2 is 1.68 bits per heavy atom. The van der Waals surface area contributed by atoms with Gasteiger partial charge in [0.1, 0.15) is 12.4 Å². The van der Waals surface area contributed by atoms with Crippen LogP contribution in [0.3, 0.4) is 0 Å². The number of hydrogen-bond acceptors (Lipinski definition) is 5. The third kappa shape index (κ3) is 4.98. The molecule has 0 saturated carbocycles. The maximum atomic E-state index is 12.7. The number of benzene rings is 1. The molecule has 0 aromatic heterocycles. The Morgan fingerprint density at radius 3 is 2.21 bits per heavy atom. The number of hydrogen-bond donors (Lipinski definition) is 0. The summed E-state index contributed by atoms with van der Waals surface area (Å²) in [6.07, 6.45) is 4.83. The van der Waals surface area contributed by atoms with E-state index in [1.165, 1.54) is 0 Å². The minimum Gasteiger partial charge on any atom is -0.257 e. The van der Waals surface area contributed by atoms with Gasteiger partial charge in [-0.05, 0) is 24.3 Å². The van der Waals surface area contributed by atoms with Crippen LogP contribution >= 0.6 is 0 Å². The Balaban J connectivity index is 2.77. The van der Waals surface area contributed by atoms with Gasteiger partial charge in [0, 0.05) is 0 Å². The van der Waals surface area contributed by atoms with Crippen LogP contribution in [0.15, 0.2) is 29.2 Å². The highest BCUT2D eigenvalue weighted by Gasteiger charge is 2.20. The largest absolute Gasteiger partial charge is 0.269 e. The average Bonchev–Trinajstić information content (AvgIpc) is 2.35. The summed E-state index contributed by atoms with van der Waals surface area (Å²) in [4.78, 5) is -0.152. The Kier molecular flexibility index (Phi) is 5.05. The zero-order valence-electron chi connectivity index (χ0n) is 9.74. The molecule has 0 radical (unpaired) electrons. The second-order valence-corrected chi connectivity index (χ2v) is 7.37. The Morgan fingerprint density at radius 1 is 1.11 bits per heavy atom. The highest BCUT2D eigenvalue weighted by atomic mass is 32.2. The van der Waals surface area contributed by atoms with E-state index in [0.717, 1.165) is 24.3 Å². The van der Waals surface area contributed by atoms with E-state index in [-0.39, 0.29) is 4.90 Å². The summed E-state index contributed by atoms with van der Waals surface area (Å²) < 4.78 is 63.1. The second kappa shape index (κ2) is 6.14. The van der Waals surface area contributed by atoms with Crippen LogP contribution in [0.25, 0.3) is 0 Å². The van der Waals surface area contributed by atoms with E-state index in [4.69, 9.17) is 6.42 Å². The first-order valence-corrected chi connectivity index (χ1v) is 8.29. The highest BCUT2D eigenvalue weighted by molar-refractivity contribution is 7.93. The average molecular weight is 306 g/mol. The zero-order valence-corrected chi connectivity index (χ0v) is 11.4. The standard InChI is InChI=1S/C11H11FO5S2/c1-2-7-17-19(15,16)9-8-18(13,14)11-5-3-10(12)4-6-11/h1,3-6H,7-9H2. The smallest absolute Gasteiger partial charge is 0.257 e. The molecular formula is C11H11FO5S2. The van der Waals surface area contributed by atoms with Crippen molar-refractivity contribution in [2.24, 2.45) is 0 Å². The van der Waals surface area contributed by atoms with Gasteiger partial charge in [-0.3, -0.25) is 4.18 Å². The third-order valence-electron chi connectivity index (χ3n) is 2.10. The summed E-state index contributed by atoms with van der Waals surface area (Å²) in [7, 11) is -7.80. The van der Waals surface area contributed by atoms with Crippen molar-refractivity contribution in [3.05, 3.63) is 30.1 Å². The normalized spacial score (nSPS) is 12.0. The van der Waals surface area contributed by atoms with Gasteiger partial charge < -0.3 is 0 Å². The van der Waals surface area contributed by atoms with E-state index in [1.807, 2.05) is 5.92 Å². The molecule has 104 valence electrons. The van der Waals surface area contributed by atoms with Crippen molar-refractivity contribution in [1.29, 1.82) is 0 Å². The Hall–Kier alpha value is -1.43. The molecule has 0 aliphatic rings. The number of rotatable bonds is 6. The molecular weight excluding hydrogens is 295 g/mol. The molecule has 0 atom stereocenters. The van der Waals surface area contributed by atoms with Crippen LogP contribution in [-0.4, -0.2) is 34.9 Å². The zero-order chi connectivity index (χ0) is 14.5. The van der Waals surface area contributed by atoms with Gasteiger partial charge in [0.2, 0.25) is 0 Å². The van der Waals surface area contributed by atoms with Gasteiger partial charge in [0.25, 0.3) is 10.1 Å². The topological polar surface area (TPSA) is 77.5 Å². The quantitative estimate of drug-likeness (QED) is 0.436. The molecule has 19 heavy (non-hydrogen) atoms. The molecule has 1 aromatic carbocycles. The van der Waals surface area contributed by atoms with Crippen molar-refractivity contribution in [3.63, 3.8) is 0 Å². The monoisotopic (exact) mass is 306 g/mol. The Bertz CT molecular complexity index is 669. The molecule has 8 heteroatoms. The van der Waals surface area contributed by atoms with Crippen LogP contribution < -0.4 is 0 Å². The molecule has 0 aliphatic heterocycles. The SMILES string of the molecule is C#CCOS(=O)(=O)CCS(=O)(=O)c1ccc(F)cc1. The van der Waals surface area contributed by atoms with E-state index in [1.54, 1.807) is 0 Å². The third-order valence-corrected chi connectivity index (χ3v) is 5.27. The molecule has 0 fully saturated rings. The van der Waals surface area contributed by atoms with Gasteiger partial charge in [-0.25, -0.2) is 12.8 Å². The first kappa shape index (κ1) is 15.6. The van der Waals surface area contributed by atoms with Crippen LogP contribution in [0.2, 0.25) is 0 Å². The minimum absolute atomic E-state index is 0.152. The summed E-state index contributed by atoms with van der Waals surface area (Å²) in [6, 6.07) is 4.10. The van der Waals surface area contributed by atoms with Gasteiger partial charge in [-0.2, -0.15) is 8.42 Å². The van der Waals surface area contributed by atoms with Crippen molar-refractivity contribution < 1.29 is 25.4 Å². The van der Waals surface area contributed by atoms with Gasteiger partial charge in [0.05, 0.1) is 16.4 Å². The first-order valence-electron chi connectivity index (χ1n) is 5.06. The number of terminal acetylenes is 1. The van der Waals surface area contributed by atoms with Crippen LogP contribution in [0.4, 0.5) is 4.39 Å². The molecule has 0 heterocycles. The van der Waals surface area contributed by atoms with Crippen LogP contribution in [0.1, 0.15) is 0 Å². The summed E-state index contributed by atoms with van der Waals surface area (Å²) >= 11 is 0. The molecule has 0 amide bonds. The van der Waals surface area contributed by atoms with Gasteiger partial charge >= 0.3 is 0 Å². The summed E-state index contributed by atoms with van der Waals surface area (Å²) in [5.74, 6) is 0.0116. The molecule has 5 nitrogen and oxygen atoms in total. The molecule has 1 rings (SSSR count). The summed E-state index contributed by atoms with van der Waals surface area (Å²) in [5, 5.41) is 0. The molecule has 1 aromatic rings. The van der Waals surface area contributed by atoms with Gasteiger partial charge in [-0.15, -0.1) is 6.42 Å². The van der Waals surface area contributed by atoms with E-state index < -0.39 is 43.9 Å². The van der Waals surface area contributed by atoms with E-state index in [9.17, 15) is 21.2 Å². The first-order chi connectivity index (χ1) is 8.77. The molecule has 0 bridgehead atoms. The number of sulfone groups is 1. The van der Waals surface area contributed by atoms with Crippen LogP contribution in [-0.2, 0) is 24.1 Å². The van der Waals surface area contributed by atoms with Crippen molar-refractivity contribution >= 4 is 20.0 Å². The molecule has 0 N–H and O–H groups in total. The lowest BCUT2D eigenvalue weighted by atomic mass is 10.4. The van der Waals surface area contributed by atoms with Crippen molar-refractivity contribution in [2.75, 3.05) is 18.1 Å². The van der Waals surface area contributed by atoms with Crippen molar-refractivity contribution in [1.82, 2.24) is 0 Å². The predicted octanol–water partition coefficient (Wildman–Crippen LogP) is 0.579. The maximum absolute atomic E-state index is 12.7.